The van der Waals surface area contributed by atoms with Gasteiger partial charge in [-0.3, -0.25) is 4.79 Å². The second kappa shape index (κ2) is 10.9. The van der Waals surface area contributed by atoms with Crippen molar-refractivity contribution in [3.63, 3.8) is 0 Å². The molecule has 0 saturated carbocycles. The third-order valence-corrected chi connectivity index (χ3v) is 5.85. The van der Waals surface area contributed by atoms with Crippen LogP contribution in [0.25, 0.3) is 0 Å². The van der Waals surface area contributed by atoms with Gasteiger partial charge in [0.2, 0.25) is 5.91 Å². The zero-order valence-electron chi connectivity index (χ0n) is 19.2. The quantitative estimate of drug-likeness (QED) is 0.309. The van der Waals surface area contributed by atoms with Crippen LogP contribution in [0.15, 0.2) is 47.0 Å². The van der Waals surface area contributed by atoms with Crippen molar-refractivity contribution in [2.45, 2.75) is 52.6 Å². The Morgan fingerprint density at radius 3 is 2.33 bits per heavy atom. The molecule has 33 heavy (non-hydrogen) atoms. The number of amides is 1. The number of carbonyl (C=O) groups is 1. The zero-order chi connectivity index (χ0) is 24.0. The van der Waals surface area contributed by atoms with E-state index in [1.807, 2.05) is 36.4 Å². The summed E-state index contributed by atoms with van der Waals surface area (Å²) < 4.78 is 16.7. The van der Waals surface area contributed by atoms with Crippen LogP contribution < -0.4 is 14.8 Å². The maximum atomic E-state index is 11.1. The van der Waals surface area contributed by atoms with Crippen LogP contribution in [0.2, 0.25) is 10.0 Å². The Hall–Kier alpha value is -2.70. The highest BCUT2D eigenvalue weighted by Crippen LogP contribution is 2.40. The Morgan fingerprint density at radius 2 is 1.73 bits per heavy atom. The number of anilines is 1. The van der Waals surface area contributed by atoms with Gasteiger partial charge in [-0.15, -0.1) is 0 Å². The molecule has 6 nitrogen and oxygen atoms in total. The van der Waals surface area contributed by atoms with Crippen molar-refractivity contribution in [1.82, 2.24) is 5.16 Å². The van der Waals surface area contributed by atoms with E-state index in [0.29, 0.717) is 39.7 Å². The fourth-order valence-corrected chi connectivity index (χ4v) is 3.88. The van der Waals surface area contributed by atoms with E-state index in [0.717, 1.165) is 24.0 Å². The van der Waals surface area contributed by atoms with E-state index < -0.39 is 0 Å². The van der Waals surface area contributed by atoms with Crippen LogP contribution in [-0.2, 0) is 16.8 Å². The van der Waals surface area contributed by atoms with Crippen molar-refractivity contribution in [3.05, 3.63) is 69.4 Å². The lowest BCUT2D eigenvalue weighted by atomic mass is 9.78. The molecular formula is C25H28Cl2N2O4. The highest BCUT2D eigenvalue weighted by Gasteiger charge is 2.25. The summed E-state index contributed by atoms with van der Waals surface area (Å²) in [7, 11) is 0. The zero-order valence-corrected chi connectivity index (χ0v) is 20.7. The number of halogens is 2. The third-order valence-electron chi connectivity index (χ3n) is 5.28. The fraction of sp³-hybridized carbons (Fsp3) is 0.360. The largest absolute Gasteiger partial charge is 0.490 e. The molecule has 0 aliphatic heterocycles. The molecular weight excluding hydrogens is 463 g/mol. The number of nitrogens with one attached hydrogen (secondary N) is 1. The van der Waals surface area contributed by atoms with Crippen LogP contribution in [0, 0.1) is 0 Å². The summed E-state index contributed by atoms with van der Waals surface area (Å²) in [5, 5.41) is 7.35. The van der Waals surface area contributed by atoms with Gasteiger partial charge in [0, 0.05) is 18.4 Å². The Labute approximate surface area is 204 Å². The maximum Gasteiger partial charge on any atom is 0.222 e. The van der Waals surface area contributed by atoms with Crippen LogP contribution in [0.5, 0.6) is 11.5 Å². The first-order chi connectivity index (χ1) is 15.7. The van der Waals surface area contributed by atoms with E-state index in [1.165, 1.54) is 6.92 Å². The monoisotopic (exact) mass is 490 g/mol. The van der Waals surface area contributed by atoms with Crippen molar-refractivity contribution in [2.75, 3.05) is 11.9 Å². The van der Waals surface area contributed by atoms with Gasteiger partial charge >= 0.3 is 0 Å². The lowest BCUT2D eigenvalue weighted by molar-refractivity contribution is -0.114. The number of hydrogen-bond donors (Lipinski definition) is 1. The van der Waals surface area contributed by atoms with Crippen molar-refractivity contribution in [1.29, 1.82) is 0 Å². The Balaban J connectivity index is 1.69. The van der Waals surface area contributed by atoms with Gasteiger partial charge in [0.25, 0.3) is 0 Å². The summed E-state index contributed by atoms with van der Waals surface area (Å²) in [5.74, 6) is 1.87. The van der Waals surface area contributed by atoms with E-state index in [2.05, 4.69) is 31.2 Å². The molecule has 1 amide bonds. The molecule has 3 aromatic rings. The molecule has 8 heteroatoms. The highest BCUT2D eigenvalue weighted by molar-refractivity contribution is 6.37. The van der Waals surface area contributed by atoms with Gasteiger partial charge in [0.1, 0.15) is 12.4 Å². The Morgan fingerprint density at radius 1 is 1.06 bits per heavy atom. The molecule has 0 fully saturated rings. The SMILES string of the molecule is CCCCOc1c(Cl)cc(C(C)(C)c2ccc(OCc3cc(NC(C)=O)no3)cc2)cc1Cl. The van der Waals surface area contributed by atoms with Crippen molar-refractivity contribution >= 4 is 34.9 Å². The Bertz CT molecular complexity index is 1070. The first-order valence-electron chi connectivity index (χ1n) is 10.8. The van der Waals surface area contributed by atoms with Crippen molar-refractivity contribution < 1.29 is 18.8 Å². The second-order valence-corrected chi connectivity index (χ2v) is 9.08. The third kappa shape index (κ3) is 6.42. The molecule has 2 aromatic carbocycles. The number of unbranched alkanes of at least 4 members (excludes halogenated alkanes) is 1. The summed E-state index contributed by atoms with van der Waals surface area (Å²) in [6.07, 6.45) is 1.98. The van der Waals surface area contributed by atoms with E-state index >= 15 is 0 Å². The summed E-state index contributed by atoms with van der Waals surface area (Å²) in [6, 6.07) is 13.3. The number of benzene rings is 2. The highest BCUT2D eigenvalue weighted by atomic mass is 35.5. The Kier molecular flexibility index (Phi) is 8.27. The number of aromatic nitrogens is 1. The van der Waals surface area contributed by atoms with Gasteiger partial charge in [-0.05, 0) is 41.8 Å². The number of ether oxygens (including phenoxy) is 2. The summed E-state index contributed by atoms with van der Waals surface area (Å²) >= 11 is 13.0. The fourth-order valence-electron chi connectivity index (χ4n) is 3.29. The normalized spacial score (nSPS) is 11.3. The van der Waals surface area contributed by atoms with Crippen LogP contribution >= 0.6 is 23.2 Å². The predicted molar refractivity (Wildman–Crippen MR) is 131 cm³/mol. The average Bonchev–Trinajstić information content (AvgIpc) is 3.21. The van der Waals surface area contributed by atoms with Crippen molar-refractivity contribution in [3.8, 4) is 11.5 Å². The van der Waals surface area contributed by atoms with E-state index in [9.17, 15) is 4.79 Å². The van der Waals surface area contributed by atoms with Crippen molar-refractivity contribution in [2.24, 2.45) is 0 Å². The molecule has 0 atom stereocenters. The number of nitrogens with zero attached hydrogens (tertiary/aromatic N) is 1. The molecule has 1 aromatic heterocycles. The van der Waals surface area contributed by atoms with Gasteiger partial charge in [0.05, 0.1) is 16.7 Å². The lowest BCUT2D eigenvalue weighted by Gasteiger charge is -2.27. The van der Waals surface area contributed by atoms with E-state index in [4.69, 9.17) is 37.2 Å². The minimum atomic E-state index is -0.341. The summed E-state index contributed by atoms with van der Waals surface area (Å²) in [6.45, 7) is 8.52. The first kappa shape index (κ1) is 24.9. The molecule has 0 saturated heterocycles. The number of hydrogen-bond acceptors (Lipinski definition) is 5. The van der Waals surface area contributed by atoms with Crippen LogP contribution in [0.1, 0.15) is 57.4 Å². The minimum absolute atomic E-state index is 0.194. The molecule has 0 aliphatic rings. The standard InChI is InChI=1S/C25H28Cl2N2O4/c1-5-6-11-31-24-21(26)12-18(13-22(24)27)25(3,4)17-7-9-19(10-8-17)32-15-20-14-23(29-33-20)28-16(2)30/h7-10,12-14H,5-6,11,15H2,1-4H3,(H,28,29,30). The van der Waals surface area contributed by atoms with Crippen LogP contribution in [0.4, 0.5) is 5.82 Å². The predicted octanol–water partition coefficient (Wildman–Crippen LogP) is 7.02. The van der Waals surface area contributed by atoms with E-state index in [-0.39, 0.29) is 17.9 Å². The second-order valence-electron chi connectivity index (χ2n) is 8.27. The summed E-state index contributed by atoms with van der Waals surface area (Å²) in [5.41, 5.74) is 1.72. The van der Waals surface area contributed by atoms with Gasteiger partial charge < -0.3 is 19.3 Å². The molecule has 176 valence electrons. The van der Waals surface area contributed by atoms with E-state index in [1.54, 1.807) is 6.07 Å². The van der Waals surface area contributed by atoms with Gasteiger partial charge in [-0.2, -0.15) is 0 Å². The summed E-state index contributed by atoms with van der Waals surface area (Å²) in [4.78, 5) is 11.1. The maximum absolute atomic E-state index is 11.1. The number of rotatable bonds is 10. The molecule has 1 heterocycles. The molecule has 1 N–H and O–H groups in total. The smallest absolute Gasteiger partial charge is 0.222 e. The molecule has 0 unspecified atom stereocenters. The molecule has 3 rings (SSSR count). The van der Waals surface area contributed by atoms with Gasteiger partial charge in [-0.1, -0.05) is 67.7 Å². The topological polar surface area (TPSA) is 73.6 Å². The molecule has 0 aliphatic carbocycles. The van der Waals surface area contributed by atoms with Gasteiger partial charge in [0.15, 0.2) is 17.3 Å². The average molecular weight is 491 g/mol. The number of carbonyl (C=O) groups excluding carboxylic acids is 1. The first-order valence-corrected chi connectivity index (χ1v) is 11.5. The molecule has 0 bridgehead atoms. The van der Waals surface area contributed by atoms with Crippen LogP contribution in [-0.4, -0.2) is 17.7 Å². The van der Waals surface area contributed by atoms with Crippen LogP contribution in [0.3, 0.4) is 0 Å². The molecule has 0 radical (unpaired) electrons. The molecule has 0 spiro atoms. The van der Waals surface area contributed by atoms with Gasteiger partial charge in [-0.25, -0.2) is 0 Å². The lowest BCUT2D eigenvalue weighted by Crippen LogP contribution is -2.19. The minimum Gasteiger partial charge on any atom is -0.490 e.